The van der Waals surface area contributed by atoms with Crippen molar-refractivity contribution in [1.29, 1.82) is 0 Å². The molecule has 0 bridgehead atoms. The first kappa shape index (κ1) is 19.4. The minimum atomic E-state index is -0.533. The highest BCUT2D eigenvalue weighted by Gasteiger charge is 2.24. The predicted molar refractivity (Wildman–Crippen MR) is 111 cm³/mol. The number of rotatable bonds is 6. The van der Waals surface area contributed by atoms with Crippen molar-refractivity contribution in [1.82, 2.24) is 0 Å². The smallest absolute Gasteiger partial charge is 0.363 e. The van der Waals surface area contributed by atoms with Gasteiger partial charge in [-0.05, 0) is 54.1 Å². The van der Waals surface area contributed by atoms with Crippen LogP contribution in [0, 0.1) is 5.82 Å². The molecule has 3 aromatic carbocycles. The number of ether oxygens (including phenoxy) is 3. The van der Waals surface area contributed by atoms with Crippen LogP contribution in [-0.4, -0.2) is 19.0 Å². The van der Waals surface area contributed by atoms with Crippen molar-refractivity contribution in [3.8, 4) is 11.5 Å². The number of benzene rings is 3. The van der Waals surface area contributed by atoms with Gasteiger partial charge in [-0.2, -0.15) is 0 Å². The molecular weight excluding hydrogens is 385 g/mol. The Morgan fingerprint density at radius 2 is 1.73 bits per heavy atom. The van der Waals surface area contributed by atoms with Crippen LogP contribution in [0.5, 0.6) is 11.5 Å². The predicted octanol–water partition coefficient (Wildman–Crippen LogP) is 4.76. The lowest BCUT2D eigenvalue weighted by atomic mass is 10.1. The van der Waals surface area contributed by atoms with Gasteiger partial charge in [0.05, 0.1) is 7.11 Å². The number of hydrogen-bond donors (Lipinski definition) is 0. The summed E-state index contributed by atoms with van der Waals surface area (Å²) in [5, 5.41) is 0. The van der Waals surface area contributed by atoms with E-state index in [0.717, 1.165) is 5.56 Å². The minimum absolute atomic E-state index is 0.179. The van der Waals surface area contributed by atoms with Gasteiger partial charge in [0, 0.05) is 11.1 Å². The molecule has 0 radical (unpaired) electrons. The van der Waals surface area contributed by atoms with E-state index < -0.39 is 5.97 Å². The highest BCUT2D eigenvalue weighted by molar-refractivity contribution is 6.13. The fourth-order valence-corrected chi connectivity index (χ4v) is 2.89. The van der Waals surface area contributed by atoms with Crippen LogP contribution in [0.3, 0.4) is 0 Å². The number of carbonyl (C=O) groups is 1. The van der Waals surface area contributed by atoms with Crippen LogP contribution in [0.4, 0.5) is 4.39 Å². The molecule has 150 valence electrons. The molecule has 0 spiro atoms. The summed E-state index contributed by atoms with van der Waals surface area (Å²) in [7, 11) is 1.58. The van der Waals surface area contributed by atoms with E-state index in [9.17, 15) is 9.18 Å². The molecule has 0 aromatic heterocycles. The first-order chi connectivity index (χ1) is 14.6. The van der Waals surface area contributed by atoms with Crippen molar-refractivity contribution in [2.24, 2.45) is 4.99 Å². The van der Waals surface area contributed by atoms with E-state index in [2.05, 4.69) is 4.99 Å². The second-order valence-corrected chi connectivity index (χ2v) is 6.52. The second kappa shape index (κ2) is 8.61. The summed E-state index contributed by atoms with van der Waals surface area (Å²) in [6.45, 7) is 0.269. The van der Waals surface area contributed by atoms with Gasteiger partial charge >= 0.3 is 5.97 Å². The third kappa shape index (κ3) is 4.38. The topological polar surface area (TPSA) is 57.1 Å². The molecule has 0 N–H and O–H groups in total. The van der Waals surface area contributed by atoms with Crippen molar-refractivity contribution in [2.75, 3.05) is 7.11 Å². The average molecular weight is 403 g/mol. The summed E-state index contributed by atoms with van der Waals surface area (Å²) in [6.07, 6.45) is 1.62. The third-order valence-electron chi connectivity index (χ3n) is 4.48. The zero-order valence-electron chi connectivity index (χ0n) is 16.2. The van der Waals surface area contributed by atoms with Gasteiger partial charge in [0.25, 0.3) is 0 Å². The van der Waals surface area contributed by atoms with Gasteiger partial charge in [-0.3, -0.25) is 0 Å². The normalized spacial score (nSPS) is 14.4. The number of esters is 1. The Morgan fingerprint density at radius 1 is 1.00 bits per heavy atom. The lowest BCUT2D eigenvalue weighted by Gasteiger charge is -2.09. The lowest BCUT2D eigenvalue weighted by molar-refractivity contribution is -0.129. The molecule has 3 aromatic rings. The number of hydrogen-bond acceptors (Lipinski definition) is 5. The maximum atomic E-state index is 13.1. The molecule has 0 fully saturated rings. The summed E-state index contributed by atoms with van der Waals surface area (Å²) >= 11 is 0. The number of nitrogens with zero attached hydrogens (tertiary/aromatic N) is 1. The Morgan fingerprint density at radius 3 is 2.47 bits per heavy atom. The highest BCUT2D eigenvalue weighted by Crippen LogP contribution is 2.26. The van der Waals surface area contributed by atoms with Gasteiger partial charge < -0.3 is 14.2 Å². The minimum Gasteiger partial charge on any atom is -0.497 e. The standard InChI is InChI=1S/C24H18FNO4/c1-28-20-12-8-17(9-13-20)23-26-21(24(27)30-23)14-18-4-2-3-5-22(18)29-15-16-6-10-19(25)11-7-16/h2-14H,15H2,1H3/b21-14-. The number of cyclic esters (lactones) is 1. The van der Waals surface area contributed by atoms with E-state index in [-0.39, 0.29) is 24.0 Å². The van der Waals surface area contributed by atoms with Crippen LogP contribution in [0.25, 0.3) is 6.08 Å². The van der Waals surface area contributed by atoms with E-state index in [4.69, 9.17) is 14.2 Å². The molecule has 4 rings (SSSR count). The van der Waals surface area contributed by atoms with Gasteiger partial charge in [0.1, 0.15) is 23.9 Å². The maximum absolute atomic E-state index is 13.1. The molecule has 1 aliphatic rings. The Hall–Kier alpha value is -3.93. The molecular formula is C24H18FNO4. The zero-order valence-corrected chi connectivity index (χ0v) is 16.2. The molecule has 0 atom stereocenters. The molecule has 0 aliphatic carbocycles. The fourth-order valence-electron chi connectivity index (χ4n) is 2.89. The summed E-state index contributed by atoms with van der Waals surface area (Å²) in [4.78, 5) is 16.6. The maximum Gasteiger partial charge on any atom is 0.363 e. The third-order valence-corrected chi connectivity index (χ3v) is 4.48. The quantitative estimate of drug-likeness (QED) is 0.440. The van der Waals surface area contributed by atoms with Crippen LogP contribution in [0.2, 0.25) is 0 Å². The average Bonchev–Trinajstić information content (AvgIpc) is 3.14. The van der Waals surface area contributed by atoms with Crippen molar-refractivity contribution in [3.05, 3.63) is 101 Å². The summed E-state index contributed by atoms with van der Waals surface area (Å²) in [5.74, 6) is 0.684. The number of methoxy groups -OCH3 is 1. The molecule has 6 heteroatoms. The van der Waals surface area contributed by atoms with Crippen LogP contribution in [0.15, 0.2) is 83.5 Å². The Kier molecular flexibility index (Phi) is 5.57. The molecule has 30 heavy (non-hydrogen) atoms. The number of halogens is 1. The summed E-state index contributed by atoms with van der Waals surface area (Å²) < 4.78 is 29.4. The van der Waals surface area contributed by atoms with Gasteiger partial charge in [-0.1, -0.05) is 30.3 Å². The largest absolute Gasteiger partial charge is 0.497 e. The van der Waals surface area contributed by atoms with Gasteiger partial charge in [0.2, 0.25) is 5.90 Å². The summed E-state index contributed by atoms with van der Waals surface area (Å²) in [6, 6.07) is 20.5. The van der Waals surface area contributed by atoms with Gasteiger partial charge in [0.15, 0.2) is 5.70 Å². The molecule has 0 unspecified atom stereocenters. The SMILES string of the molecule is COc1ccc(C2=N/C(=C\c3ccccc3OCc3ccc(F)cc3)C(=O)O2)cc1. The van der Waals surface area contributed by atoms with E-state index in [0.29, 0.717) is 22.6 Å². The van der Waals surface area contributed by atoms with Crippen LogP contribution >= 0.6 is 0 Å². The van der Waals surface area contributed by atoms with Gasteiger partial charge in [-0.25, -0.2) is 14.2 Å². The fraction of sp³-hybridized carbons (Fsp3) is 0.0833. The lowest BCUT2D eigenvalue weighted by Crippen LogP contribution is -2.05. The summed E-state index contributed by atoms with van der Waals surface area (Å²) in [5.41, 5.74) is 2.37. The van der Waals surface area contributed by atoms with Crippen LogP contribution < -0.4 is 9.47 Å². The van der Waals surface area contributed by atoms with E-state index >= 15 is 0 Å². The monoisotopic (exact) mass is 403 g/mol. The molecule has 1 heterocycles. The van der Waals surface area contributed by atoms with E-state index in [1.165, 1.54) is 12.1 Å². The van der Waals surface area contributed by atoms with Crippen molar-refractivity contribution in [2.45, 2.75) is 6.61 Å². The number of para-hydroxylation sites is 1. The van der Waals surface area contributed by atoms with Crippen LogP contribution in [-0.2, 0) is 16.1 Å². The highest BCUT2D eigenvalue weighted by atomic mass is 19.1. The number of carbonyl (C=O) groups excluding carboxylic acids is 1. The first-order valence-electron chi connectivity index (χ1n) is 9.25. The molecule has 0 amide bonds. The number of aliphatic imine (C=N–C) groups is 1. The molecule has 1 aliphatic heterocycles. The zero-order chi connectivity index (χ0) is 20.9. The van der Waals surface area contributed by atoms with Crippen molar-refractivity contribution < 1.29 is 23.4 Å². The Bertz CT molecular complexity index is 1120. The van der Waals surface area contributed by atoms with E-state index in [1.807, 2.05) is 18.2 Å². The Labute approximate surface area is 173 Å². The molecule has 5 nitrogen and oxygen atoms in total. The Balaban J connectivity index is 1.55. The van der Waals surface area contributed by atoms with Crippen molar-refractivity contribution in [3.63, 3.8) is 0 Å². The van der Waals surface area contributed by atoms with Crippen LogP contribution in [0.1, 0.15) is 16.7 Å². The molecule has 0 saturated carbocycles. The van der Waals surface area contributed by atoms with E-state index in [1.54, 1.807) is 55.7 Å². The first-order valence-corrected chi connectivity index (χ1v) is 9.25. The van der Waals surface area contributed by atoms with Gasteiger partial charge in [-0.15, -0.1) is 0 Å². The molecule has 0 saturated heterocycles. The second-order valence-electron chi connectivity index (χ2n) is 6.52. The van der Waals surface area contributed by atoms with Crippen molar-refractivity contribution >= 4 is 17.9 Å².